The normalized spacial score (nSPS) is 23.0. The number of aromatic nitrogens is 1. The van der Waals surface area contributed by atoms with E-state index in [2.05, 4.69) is 20.5 Å². The van der Waals surface area contributed by atoms with Crippen LogP contribution in [0, 0.1) is 5.82 Å². The van der Waals surface area contributed by atoms with E-state index in [0.29, 0.717) is 31.8 Å². The molecule has 30 heavy (non-hydrogen) atoms. The summed E-state index contributed by atoms with van der Waals surface area (Å²) in [4.78, 5) is 31.7. The minimum atomic E-state index is -0.499. The number of carbonyl (C=O) groups excluding carboxylic acids is 2. The SMILES string of the molecule is O=C1C[C@@H]2CC[C@H](CNC(=O)c3cc(F)ccc3OCCN1)N2Cc1cccnc1. The number of rotatable bonds is 2. The van der Waals surface area contributed by atoms with Gasteiger partial charge in [0.25, 0.3) is 5.91 Å². The number of fused-ring (bicyclic) bond motifs is 3. The quantitative estimate of drug-likeness (QED) is 0.787. The van der Waals surface area contributed by atoms with E-state index in [1.54, 1.807) is 6.20 Å². The Kier molecular flexibility index (Phi) is 6.23. The maximum atomic E-state index is 13.7. The highest BCUT2D eigenvalue weighted by Crippen LogP contribution is 2.28. The molecule has 2 aliphatic rings. The molecule has 0 radical (unpaired) electrons. The molecule has 158 valence electrons. The number of benzene rings is 1. The monoisotopic (exact) mass is 412 g/mol. The Bertz CT molecular complexity index is 909. The molecule has 7 nitrogen and oxygen atoms in total. The molecule has 8 heteroatoms. The number of nitrogens with zero attached hydrogens (tertiary/aromatic N) is 2. The van der Waals surface area contributed by atoms with Gasteiger partial charge in [0.15, 0.2) is 0 Å². The van der Waals surface area contributed by atoms with Gasteiger partial charge in [-0.05, 0) is 42.7 Å². The molecule has 0 spiro atoms. The average Bonchev–Trinajstić information content (AvgIpc) is 3.11. The van der Waals surface area contributed by atoms with Crippen LogP contribution in [0.5, 0.6) is 5.75 Å². The highest BCUT2D eigenvalue weighted by Gasteiger charge is 2.35. The van der Waals surface area contributed by atoms with E-state index in [9.17, 15) is 14.0 Å². The van der Waals surface area contributed by atoms with Gasteiger partial charge < -0.3 is 15.4 Å². The van der Waals surface area contributed by atoms with Gasteiger partial charge >= 0.3 is 0 Å². The van der Waals surface area contributed by atoms with E-state index < -0.39 is 5.82 Å². The van der Waals surface area contributed by atoms with E-state index in [4.69, 9.17) is 4.74 Å². The van der Waals surface area contributed by atoms with Crippen molar-refractivity contribution < 1.29 is 18.7 Å². The Balaban J connectivity index is 1.57. The summed E-state index contributed by atoms with van der Waals surface area (Å²) in [6, 6.07) is 7.94. The summed E-state index contributed by atoms with van der Waals surface area (Å²) in [5.74, 6) is -0.589. The first-order valence-electron chi connectivity index (χ1n) is 10.2. The van der Waals surface area contributed by atoms with Crippen molar-refractivity contribution in [2.45, 2.75) is 37.9 Å². The summed E-state index contributed by atoms with van der Waals surface area (Å²) in [5.41, 5.74) is 1.22. The molecule has 1 saturated heterocycles. The van der Waals surface area contributed by atoms with E-state index in [-0.39, 0.29) is 36.1 Å². The Morgan fingerprint density at radius 1 is 1.17 bits per heavy atom. The van der Waals surface area contributed by atoms with Crippen molar-refractivity contribution in [1.29, 1.82) is 0 Å². The van der Waals surface area contributed by atoms with Crippen LogP contribution < -0.4 is 15.4 Å². The third-order valence-electron chi connectivity index (χ3n) is 5.65. The molecule has 1 fully saturated rings. The zero-order valence-electron chi connectivity index (χ0n) is 16.6. The molecule has 1 aromatic carbocycles. The minimum Gasteiger partial charge on any atom is -0.491 e. The molecule has 0 unspecified atom stereocenters. The molecule has 0 aliphatic carbocycles. The molecule has 2 atom stereocenters. The van der Waals surface area contributed by atoms with Gasteiger partial charge in [-0.15, -0.1) is 0 Å². The summed E-state index contributed by atoms with van der Waals surface area (Å²) in [5, 5.41) is 5.81. The third-order valence-corrected chi connectivity index (χ3v) is 5.65. The van der Waals surface area contributed by atoms with Crippen molar-refractivity contribution in [3.8, 4) is 5.75 Å². The second-order valence-electron chi connectivity index (χ2n) is 7.67. The second-order valence-corrected chi connectivity index (χ2v) is 7.67. The first-order chi connectivity index (χ1) is 14.6. The van der Waals surface area contributed by atoms with Crippen LogP contribution in [-0.4, -0.2) is 53.5 Å². The van der Waals surface area contributed by atoms with Crippen LogP contribution in [-0.2, 0) is 11.3 Å². The number of carbonyl (C=O) groups is 2. The predicted molar refractivity (Wildman–Crippen MR) is 108 cm³/mol. The Hall–Kier alpha value is -3.00. The van der Waals surface area contributed by atoms with Gasteiger partial charge in [-0.3, -0.25) is 19.5 Å². The first-order valence-corrected chi connectivity index (χ1v) is 10.2. The number of ether oxygens (including phenoxy) is 1. The number of hydrogen-bond donors (Lipinski definition) is 2. The fourth-order valence-corrected chi connectivity index (χ4v) is 4.16. The van der Waals surface area contributed by atoms with Crippen molar-refractivity contribution in [2.24, 2.45) is 0 Å². The number of halogens is 1. The smallest absolute Gasteiger partial charge is 0.255 e. The fraction of sp³-hybridized carbons (Fsp3) is 0.409. The molecule has 2 amide bonds. The van der Waals surface area contributed by atoms with Crippen molar-refractivity contribution >= 4 is 11.8 Å². The zero-order chi connectivity index (χ0) is 20.9. The van der Waals surface area contributed by atoms with Gasteiger partial charge in [0.1, 0.15) is 18.2 Å². The average molecular weight is 412 g/mol. The summed E-state index contributed by atoms with van der Waals surface area (Å²) >= 11 is 0. The lowest BCUT2D eigenvalue weighted by Gasteiger charge is -2.30. The van der Waals surface area contributed by atoms with Crippen LogP contribution in [0.25, 0.3) is 0 Å². The van der Waals surface area contributed by atoms with Crippen LogP contribution in [0.4, 0.5) is 4.39 Å². The topological polar surface area (TPSA) is 83.6 Å². The van der Waals surface area contributed by atoms with Gasteiger partial charge in [-0.2, -0.15) is 0 Å². The summed E-state index contributed by atoms with van der Waals surface area (Å²) < 4.78 is 19.4. The van der Waals surface area contributed by atoms with Crippen LogP contribution in [0.1, 0.15) is 35.2 Å². The van der Waals surface area contributed by atoms with Crippen molar-refractivity contribution in [1.82, 2.24) is 20.5 Å². The maximum absolute atomic E-state index is 13.7. The lowest BCUT2D eigenvalue weighted by Crippen LogP contribution is -2.44. The van der Waals surface area contributed by atoms with Crippen LogP contribution in [0.3, 0.4) is 0 Å². The van der Waals surface area contributed by atoms with E-state index in [0.717, 1.165) is 18.4 Å². The van der Waals surface area contributed by atoms with Gasteiger partial charge in [-0.1, -0.05) is 6.07 Å². The van der Waals surface area contributed by atoms with E-state index >= 15 is 0 Å². The fourth-order valence-electron chi connectivity index (χ4n) is 4.16. The van der Waals surface area contributed by atoms with Crippen LogP contribution in [0.2, 0.25) is 0 Å². The molecular formula is C22H25FN4O3. The van der Waals surface area contributed by atoms with Gasteiger partial charge in [0, 0.05) is 44.0 Å². The molecule has 2 N–H and O–H groups in total. The summed E-state index contributed by atoms with van der Waals surface area (Å²) in [6.07, 6.45) is 5.68. The van der Waals surface area contributed by atoms with Crippen molar-refractivity contribution in [3.63, 3.8) is 0 Å². The van der Waals surface area contributed by atoms with Gasteiger partial charge in [0.05, 0.1) is 12.1 Å². The molecule has 2 aromatic rings. The zero-order valence-corrected chi connectivity index (χ0v) is 16.6. The Morgan fingerprint density at radius 3 is 2.87 bits per heavy atom. The predicted octanol–water partition coefficient (Wildman–Crippen LogP) is 1.88. The number of pyridine rings is 1. The van der Waals surface area contributed by atoms with Gasteiger partial charge in [-0.25, -0.2) is 4.39 Å². The summed E-state index contributed by atoms with van der Waals surface area (Å²) in [7, 11) is 0. The van der Waals surface area contributed by atoms with Crippen molar-refractivity contribution in [2.75, 3.05) is 19.7 Å². The van der Waals surface area contributed by atoms with E-state index in [1.165, 1.54) is 18.2 Å². The maximum Gasteiger partial charge on any atom is 0.255 e. The first kappa shape index (κ1) is 20.3. The minimum absolute atomic E-state index is 0.0270. The van der Waals surface area contributed by atoms with Crippen LogP contribution in [0.15, 0.2) is 42.7 Å². The molecule has 2 aliphatic heterocycles. The molecule has 4 rings (SSSR count). The molecule has 3 heterocycles. The lowest BCUT2D eigenvalue weighted by molar-refractivity contribution is -0.122. The Morgan fingerprint density at radius 2 is 2.03 bits per heavy atom. The van der Waals surface area contributed by atoms with Crippen molar-refractivity contribution in [3.05, 3.63) is 59.7 Å². The van der Waals surface area contributed by atoms with Gasteiger partial charge in [0.2, 0.25) is 5.91 Å². The molecule has 0 saturated carbocycles. The van der Waals surface area contributed by atoms with E-state index in [1.807, 2.05) is 18.3 Å². The lowest BCUT2D eigenvalue weighted by atomic mass is 10.1. The summed E-state index contributed by atoms with van der Waals surface area (Å²) in [6.45, 7) is 1.58. The largest absolute Gasteiger partial charge is 0.491 e. The molecule has 1 aromatic heterocycles. The number of amides is 2. The Labute approximate surface area is 174 Å². The highest BCUT2D eigenvalue weighted by molar-refractivity contribution is 5.97. The standard InChI is InChI=1S/C22H25FN4O3/c23-16-3-6-20-19(10-16)22(29)26-13-18-5-4-17(11-21(28)25-8-9-30-20)27(18)14-15-2-1-7-24-12-15/h1-3,6-7,10,12,17-18H,4-5,8-9,11,13-14H2,(H,25,28)(H,26,29)/t17-,18+/m0/s1. The molecular weight excluding hydrogens is 387 g/mol. The number of nitrogens with one attached hydrogen (secondary N) is 2. The third kappa shape index (κ3) is 4.76. The molecule has 2 bridgehead atoms. The van der Waals surface area contributed by atoms with Crippen LogP contribution >= 0.6 is 0 Å². The number of hydrogen-bond acceptors (Lipinski definition) is 5. The highest BCUT2D eigenvalue weighted by atomic mass is 19.1. The second kappa shape index (κ2) is 9.21.